The molecular formula is C18H24N4O4. The number of rotatable bonds is 6. The van der Waals surface area contributed by atoms with E-state index in [1.807, 2.05) is 36.1 Å². The molecule has 0 spiro atoms. The molecule has 1 atom stereocenters. The monoisotopic (exact) mass is 360 g/mol. The maximum Gasteiger partial charge on any atom is 0.239 e. The van der Waals surface area contributed by atoms with Crippen LogP contribution in [0.1, 0.15) is 16.8 Å². The normalized spacial score (nSPS) is 20.9. The van der Waals surface area contributed by atoms with E-state index in [2.05, 4.69) is 20.3 Å². The fraction of sp³-hybridized carbons (Fsp3) is 0.500. The number of aliphatic hydroxyl groups is 1. The maximum atomic E-state index is 12.3. The van der Waals surface area contributed by atoms with Crippen molar-refractivity contribution in [2.24, 2.45) is 0 Å². The van der Waals surface area contributed by atoms with Crippen LogP contribution in [0.25, 0.3) is 0 Å². The number of carbonyl (C=O) groups is 1. The molecule has 0 saturated carbocycles. The van der Waals surface area contributed by atoms with E-state index in [-0.39, 0.29) is 19.1 Å². The van der Waals surface area contributed by atoms with Gasteiger partial charge in [0.1, 0.15) is 11.3 Å². The smallest absolute Gasteiger partial charge is 0.239 e. The number of anilines is 1. The van der Waals surface area contributed by atoms with Crippen molar-refractivity contribution in [3.63, 3.8) is 0 Å². The number of nitrogens with one attached hydrogen (secondary N) is 1. The Balaban J connectivity index is 1.64. The molecule has 0 radical (unpaired) electrons. The molecule has 8 nitrogen and oxygen atoms in total. The van der Waals surface area contributed by atoms with E-state index in [9.17, 15) is 9.90 Å². The van der Waals surface area contributed by atoms with Crippen LogP contribution in [0.15, 0.2) is 28.9 Å². The van der Waals surface area contributed by atoms with Crippen LogP contribution < -0.4 is 5.32 Å². The average molecular weight is 360 g/mol. The zero-order valence-electron chi connectivity index (χ0n) is 15.1. The molecule has 0 bridgehead atoms. The fourth-order valence-corrected chi connectivity index (χ4v) is 3.19. The first kappa shape index (κ1) is 18.5. The van der Waals surface area contributed by atoms with Gasteiger partial charge in [0.15, 0.2) is 5.82 Å². The van der Waals surface area contributed by atoms with Gasteiger partial charge in [0.2, 0.25) is 5.91 Å². The van der Waals surface area contributed by atoms with Crippen molar-refractivity contribution in [2.75, 3.05) is 38.2 Å². The van der Waals surface area contributed by atoms with Crippen LogP contribution >= 0.6 is 0 Å². The number of aliphatic hydroxyl groups excluding tert-OH is 1. The summed E-state index contributed by atoms with van der Waals surface area (Å²) < 4.78 is 10.5. The second-order valence-corrected chi connectivity index (χ2v) is 6.75. The van der Waals surface area contributed by atoms with Crippen molar-refractivity contribution in [1.82, 2.24) is 15.2 Å². The van der Waals surface area contributed by atoms with Crippen LogP contribution in [0.5, 0.6) is 0 Å². The highest BCUT2D eigenvalue weighted by Gasteiger charge is 2.37. The van der Waals surface area contributed by atoms with E-state index in [0.717, 1.165) is 11.1 Å². The van der Waals surface area contributed by atoms with E-state index in [1.54, 1.807) is 6.92 Å². The summed E-state index contributed by atoms with van der Waals surface area (Å²) in [6.45, 7) is 5.39. The third kappa shape index (κ3) is 4.27. The fourth-order valence-electron chi connectivity index (χ4n) is 3.19. The molecule has 1 saturated heterocycles. The molecule has 2 heterocycles. The molecule has 1 aromatic heterocycles. The van der Waals surface area contributed by atoms with E-state index in [4.69, 9.17) is 4.74 Å². The number of amides is 1. The minimum absolute atomic E-state index is 0.105. The number of hydrogen-bond acceptors (Lipinski definition) is 7. The van der Waals surface area contributed by atoms with Gasteiger partial charge in [0.05, 0.1) is 19.8 Å². The Morgan fingerprint density at radius 2 is 2.15 bits per heavy atom. The summed E-state index contributed by atoms with van der Waals surface area (Å²) in [5, 5.41) is 20.0. The van der Waals surface area contributed by atoms with Gasteiger partial charge in [0, 0.05) is 19.5 Å². The van der Waals surface area contributed by atoms with Crippen LogP contribution in [0.2, 0.25) is 0 Å². The van der Waals surface area contributed by atoms with Crippen LogP contribution in [0.4, 0.5) is 5.82 Å². The van der Waals surface area contributed by atoms with Gasteiger partial charge in [-0.25, -0.2) is 4.63 Å². The Hall–Kier alpha value is -2.29. The SMILES string of the molecule is Cc1ccccc1CC1(CO)CN(CC(=O)Nc2nonc2C)CCO1. The largest absolute Gasteiger partial charge is 0.393 e. The van der Waals surface area contributed by atoms with Gasteiger partial charge < -0.3 is 15.2 Å². The van der Waals surface area contributed by atoms with E-state index in [1.165, 1.54) is 0 Å². The molecule has 1 aromatic carbocycles. The summed E-state index contributed by atoms with van der Waals surface area (Å²) in [5.41, 5.74) is 2.12. The summed E-state index contributed by atoms with van der Waals surface area (Å²) in [4.78, 5) is 14.3. The highest BCUT2D eigenvalue weighted by molar-refractivity contribution is 5.91. The predicted molar refractivity (Wildman–Crippen MR) is 94.8 cm³/mol. The highest BCUT2D eigenvalue weighted by atomic mass is 16.6. The lowest BCUT2D eigenvalue weighted by Crippen LogP contribution is -2.56. The molecule has 26 heavy (non-hydrogen) atoms. The topological polar surface area (TPSA) is 101 Å². The van der Waals surface area contributed by atoms with Crippen LogP contribution in [0.3, 0.4) is 0 Å². The zero-order chi connectivity index (χ0) is 18.6. The molecule has 1 aliphatic heterocycles. The number of aryl methyl sites for hydroxylation is 2. The van der Waals surface area contributed by atoms with Gasteiger partial charge in [-0.2, -0.15) is 0 Å². The van der Waals surface area contributed by atoms with Crippen LogP contribution in [-0.2, 0) is 16.0 Å². The number of benzene rings is 1. The number of ether oxygens (including phenoxy) is 1. The van der Waals surface area contributed by atoms with Gasteiger partial charge in [-0.05, 0) is 30.1 Å². The van der Waals surface area contributed by atoms with Gasteiger partial charge in [-0.1, -0.05) is 29.4 Å². The Bertz CT molecular complexity index is 763. The van der Waals surface area contributed by atoms with Crippen molar-refractivity contribution in [1.29, 1.82) is 0 Å². The second-order valence-electron chi connectivity index (χ2n) is 6.75. The molecule has 2 aromatic rings. The Morgan fingerprint density at radius 3 is 2.85 bits per heavy atom. The highest BCUT2D eigenvalue weighted by Crippen LogP contribution is 2.24. The lowest BCUT2D eigenvalue weighted by molar-refractivity contribution is -0.138. The molecule has 2 N–H and O–H groups in total. The number of aromatic nitrogens is 2. The predicted octanol–water partition coefficient (Wildman–Crippen LogP) is 0.931. The third-order valence-electron chi connectivity index (χ3n) is 4.67. The molecule has 8 heteroatoms. The van der Waals surface area contributed by atoms with E-state index >= 15 is 0 Å². The number of hydrogen-bond donors (Lipinski definition) is 2. The molecule has 1 fully saturated rings. The molecule has 1 amide bonds. The second kappa shape index (κ2) is 7.94. The summed E-state index contributed by atoms with van der Waals surface area (Å²) in [6, 6.07) is 8.06. The molecule has 0 aliphatic carbocycles. The number of carbonyl (C=O) groups excluding carboxylic acids is 1. The molecule has 3 rings (SSSR count). The van der Waals surface area contributed by atoms with Gasteiger partial charge in [0.25, 0.3) is 0 Å². The first-order chi connectivity index (χ1) is 12.5. The van der Waals surface area contributed by atoms with Gasteiger partial charge in [-0.15, -0.1) is 0 Å². The first-order valence-corrected chi connectivity index (χ1v) is 8.62. The first-order valence-electron chi connectivity index (χ1n) is 8.62. The zero-order valence-corrected chi connectivity index (χ0v) is 15.1. The Morgan fingerprint density at radius 1 is 1.35 bits per heavy atom. The van der Waals surface area contributed by atoms with Crippen LogP contribution in [-0.4, -0.2) is 64.7 Å². The maximum absolute atomic E-state index is 12.3. The molecule has 140 valence electrons. The minimum atomic E-state index is -0.712. The van der Waals surface area contributed by atoms with Crippen molar-refractivity contribution in [2.45, 2.75) is 25.9 Å². The molecule has 1 unspecified atom stereocenters. The quantitative estimate of drug-likeness (QED) is 0.790. The van der Waals surface area contributed by atoms with Gasteiger partial charge in [-0.3, -0.25) is 9.69 Å². The number of morpholine rings is 1. The average Bonchev–Trinajstić information content (AvgIpc) is 3.02. The Labute approximate surface area is 152 Å². The number of nitrogens with zero attached hydrogens (tertiary/aromatic N) is 3. The van der Waals surface area contributed by atoms with Crippen molar-refractivity contribution in [3.8, 4) is 0 Å². The Kier molecular flexibility index (Phi) is 5.65. The molecular weight excluding hydrogens is 336 g/mol. The molecule has 1 aliphatic rings. The lowest BCUT2D eigenvalue weighted by Gasteiger charge is -2.41. The van der Waals surface area contributed by atoms with E-state index in [0.29, 0.717) is 37.6 Å². The lowest BCUT2D eigenvalue weighted by atomic mass is 9.91. The van der Waals surface area contributed by atoms with Crippen molar-refractivity contribution < 1.29 is 19.3 Å². The minimum Gasteiger partial charge on any atom is -0.393 e. The van der Waals surface area contributed by atoms with Gasteiger partial charge >= 0.3 is 0 Å². The summed E-state index contributed by atoms with van der Waals surface area (Å²) in [7, 11) is 0. The van der Waals surface area contributed by atoms with Crippen molar-refractivity contribution >= 4 is 11.7 Å². The standard InChI is InChI=1S/C18H24N4O4/c1-13-5-3-4-6-15(13)9-18(12-23)11-22(7-8-25-18)10-16(24)19-17-14(2)20-26-21-17/h3-6,23H,7-12H2,1-2H3,(H,19,21,24). The van der Waals surface area contributed by atoms with E-state index < -0.39 is 5.60 Å². The summed E-state index contributed by atoms with van der Waals surface area (Å²) >= 11 is 0. The van der Waals surface area contributed by atoms with Crippen molar-refractivity contribution in [3.05, 3.63) is 41.1 Å². The van der Waals surface area contributed by atoms with Crippen LogP contribution in [0, 0.1) is 13.8 Å². The summed E-state index contributed by atoms with van der Waals surface area (Å²) in [6.07, 6.45) is 0.598. The summed E-state index contributed by atoms with van der Waals surface area (Å²) in [5.74, 6) is 0.130. The third-order valence-corrected chi connectivity index (χ3v) is 4.67.